The SMILES string of the molecule is CCCc1c(C(N)=O)cc(-c2nccs2)c(CCC)c1C(N)=O.Cl. The number of amides is 2. The molecule has 0 saturated carbocycles. The van der Waals surface area contributed by atoms with Crippen molar-refractivity contribution < 1.29 is 9.59 Å². The smallest absolute Gasteiger partial charge is 0.249 e. The van der Waals surface area contributed by atoms with Gasteiger partial charge in [-0.3, -0.25) is 9.59 Å². The van der Waals surface area contributed by atoms with Gasteiger partial charge in [-0.1, -0.05) is 26.7 Å². The molecular weight excluding hydrogens is 346 g/mol. The van der Waals surface area contributed by atoms with Crippen LogP contribution in [0.5, 0.6) is 0 Å². The number of primary amides is 2. The van der Waals surface area contributed by atoms with Crippen molar-refractivity contribution in [2.24, 2.45) is 11.5 Å². The average molecular weight is 368 g/mol. The summed E-state index contributed by atoms with van der Waals surface area (Å²) in [5.74, 6) is -1.06. The molecule has 2 amide bonds. The molecule has 2 aromatic rings. The van der Waals surface area contributed by atoms with Crippen LogP contribution in [0.25, 0.3) is 10.6 Å². The number of benzene rings is 1. The van der Waals surface area contributed by atoms with Gasteiger partial charge in [-0.25, -0.2) is 4.98 Å². The highest BCUT2D eigenvalue weighted by atomic mass is 35.5. The summed E-state index contributed by atoms with van der Waals surface area (Å²) in [6.07, 6.45) is 4.64. The zero-order chi connectivity index (χ0) is 17.0. The van der Waals surface area contributed by atoms with Gasteiger partial charge in [0.1, 0.15) is 5.01 Å². The third-order valence-electron chi connectivity index (χ3n) is 3.72. The van der Waals surface area contributed by atoms with E-state index in [1.165, 1.54) is 11.3 Å². The van der Waals surface area contributed by atoms with Gasteiger partial charge in [0.15, 0.2) is 0 Å². The van der Waals surface area contributed by atoms with Crippen molar-refractivity contribution >= 4 is 35.6 Å². The van der Waals surface area contributed by atoms with Gasteiger partial charge in [0.2, 0.25) is 11.8 Å². The molecule has 2 rings (SSSR count). The molecule has 5 nitrogen and oxygen atoms in total. The Kier molecular flexibility index (Phi) is 7.38. The Balaban J connectivity index is 0.00000288. The Morgan fingerprint density at radius 2 is 1.71 bits per heavy atom. The standard InChI is InChI=1S/C17H21N3O2S.ClH/c1-3-5-10-12(15(18)21)9-13(17-20-7-8-23-17)11(6-4-2)14(10)16(19)22;/h7-9H,3-6H2,1-2H3,(H2,18,21)(H2,19,22);1H. The minimum atomic E-state index is -0.545. The van der Waals surface area contributed by atoms with E-state index in [0.717, 1.165) is 29.0 Å². The minimum Gasteiger partial charge on any atom is -0.366 e. The van der Waals surface area contributed by atoms with Crippen LogP contribution in [0.4, 0.5) is 0 Å². The Bertz CT molecular complexity index is 730. The lowest BCUT2D eigenvalue weighted by Crippen LogP contribution is -2.23. The number of thiazole rings is 1. The van der Waals surface area contributed by atoms with Gasteiger partial charge in [0.05, 0.1) is 0 Å². The van der Waals surface area contributed by atoms with Gasteiger partial charge in [-0.15, -0.1) is 23.7 Å². The molecule has 4 N–H and O–H groups in total. The molecule has 0 aliphatic rings. The molecule has 130 valence electrons. The van der Waals surface area contributed by atoms with Crippen molar-refractivity contribution in [2.45, 2.75) is 39.5 Å². The molecule has 0 spiro atoms. The number of nitrogens with two attached hydrogens (primary N) is 2. The first-order chi connectivity index (χ1) is 11.0. The predicted octanol–water partition coefficient (Wildman–Crippen LogP) is 3.33. The Labute approximate surface area is 151 Å². The van der Waals surface area contributed by atoms with Crippen LogP contribution in [-0.4, -0.2) is 16.8 Å². The van der Waals surface area contributed by atoms with E-state index in [2.05, 4.69) is 4.98 Å². The average Bonchev–Trinajstić information content (AvgIpc) is 3.01. The van der Waals surface area contributed by atoms with Crippen LogP contribution in [0.2, 0.25) is 0 Å². The maximum absolute atomic E-state index is 12.1. The number of hydrogen-bond acceptors (Lipinski definition) is 4. The topological polar surface area (TPSA) is 99.1 Å². The second-order valence-corrected chi connectivity index (χ2v) is 6.26. The zero-order valence-corrected chi connectivity index (χ0v) is 15.4. The Hall–Kier alpha value is -1.92. The van der Waals surface area contributed by atoms with E-state index in [9.17, 15) is 9.59 Å². The first kappa shape index (κ1) is 20.1. The van der Waals surface area contributed by atoms with Gasteiger partial charge >= 0.3 is 0 Å². The number of nitrogens with zero attached hydrogens (tertiary/aromatic N) is 1. The number of rotatable bonds is 7. The van der Waals surface area contributed by atoms with Gasteiger partial charge < -0.3 is 11.5 Å². The third kappa shape index (κ3) is 3.94. The first-order valence-electron chi connectivity index (χ1n) is 7.69. The molecule has 0 fully saturated rings. The van der Waals surface area contributed by atoms with Crippen LogP contribution in [-0.2, 0) is 12.8 Å². The van der Waals surface area contributed by atoms with E-state index in [1.807, 2.05) is 19.2 Å². The van der Waals surface area contributed by atoms with E-state index in [0.29, 0.717) is 29.5 Å². The summed E-state index contributed by atoms with van der Waals surface area (Å²) in [7, 11) is 0. The number of hydrogen-bond donors (Lipinski definition) is 2. The van der Waals surface area contributed by atoms with Crippen molar-refractivity contribution in [1.29, 1.82) is 0 Å². The zero-order valence-electron chi connectivity index (χ0n) is 13.8. The molecule has 1 heterocycles. The lowest BCUT2D eigenvalue weighted by atomic mass is 9.86. The van der Waals surface area contributed by atoms with Crippen molar-refractivity contribution in [2.75, 3.05) is 0 Å². The maximum Gasteiger partial charge on any atom is 0.249 e. The number of carbonyl (C=O) groups is 2. The molecule has 0 radical (unpaired) electrons. The van der Waals surface area contributed by atoms with Crippen molar-refractivity contribution in [3.8, 4) is 10.6 Å². The van der Waals surface area contributed by atoms with E-state index in [1.54, 1.807) is 12.3 Å². The third-order valence-corrected chi connectivity index (χ3v) is 4.52. The fourth-order valence-corrected chi connectivity index (χ4v) is 3.54. The van der Waals surface area contributed by atoms with E-state index in [4.69, 9.17) is 11.5 Å². The second kappa shape index (κ2) is 8.80. The fourth-order valence-electron chi connectivity index (χ4n) is 2.85. The van der Waals surface area contributed by atoms with Crippen molar-refractivity contribution in [3.63, 3.8) is 0 Å². The predicted molar refractivity (Wildman–Crippen MR) is 99.8 cm³/mol. The van der Waals surface area contributed by atoms with Gasteiger partial charge in [0, 0.05) is 28.3 Å². The molecule has 1 aromatic carbocycles. The summed E-state index contributed by atoms with van der Waals surface area (Å²) in [4.78, 5) is 28.4. The Morgan fingerprint density at radius 3 is 2.17 bits per heavy atom. The van der Waals surface area contributed by atoms with E-state index < -0.39 is 11.8 Å². The van der Waals surface area contributed by atoms with Crippen LogP contribution in [0.3, 0.4) is 0 Å². The van der Waals surface area contributed by atoms with Crippen LogP contribution in [0.15, 0.2) is 17.6 Å². The highest BCUT2D eigenvalue weighted by Gasteiger charge is 2.24. The minimum absolute atomic E-state index is 0. The molecule has 0 atom stereocenters. The second-order valence-electron chi connectivity index (χ2n) is 5.37. The van der Waals surface area contributed by atoms with Crippen LogP contribution >= 0.6 is 23.7 Å². The van der Waals surface area contributed by atoms with E-state index in [-0.39, 0.29) is 12.4 Å². The molecule has 24 heavy (non-hydrogen) atoms. The van der Waals surface area contributed by atoms with Crippen molar-refractivity contribution in [3.05, 3.63) is 39.9 Å². The van der Waals surface area contributed by atoms with Crippen molar-refractivity contribution in [1.82, 2.24) is 4.98 Å². The molecule has 0 unspecified atom stereocenters. The molecule has 1 aromatic heterocycles. The Morgan fingerprint density at radius 1 is 1.08 bits per heavy atom. The monoisotopic (exact) mass is 367 g/mol. The summed E-state index contributed by atoms with van der Waals surface area (Å²) in [6, 6.07) is 1.77. The number of carbonyl (C=O) groups excluding carboxylic acids is 2. The van der Waals surface area contributed by atoms with Crippen LogP contribution in [0, 0.1) is 0 Å². The molecule has 7 heteroatoms. The normalized spacial score (nSPS) is 10.2. The molecule has 0 saturated heterocycles. The first-order valence-corrected chi connectivity index (χ1v) is 8.57. The number of aromatic nitrogens is 1. The molecular formula is C17H22ClN3O2S. The lowest BCUT2D eigenvalue weighted by Gasteiger charge is -2.18. The largest absolute Gasteiger partial charge is 0.366 e. The maximum atomic E-state index is 12.1. The van der Waals surface area contributed by atoms with Gasteiger partial charge in [-0.05, 0) is 30.0 Å². The summed E-state index contributed by atoms with van der Waals surface area (Å²) in [6.45, 7) is 4.03. The summed E-state index contributed by atoms with van der Waals surface area (Å²) < 4.78 is 0. The van der Waals surface area contributed by atoms with E-state index >= 15 is 0 Å². The fraction of sp³-hybridized carbons (Fsp3) is 0.353. The lowest BCUT2D eigenvalue weighted by molar-refractivity contribution is 0.0998. The number of halogens is 1. The summed E-state index contributed by atoms with van der Waals surface area (Å²) >= 11 is 1.46. The van der Waals surface area contributed by atoms with Crippen LogP contribution in [0.1, 0.15) is 58.5 Å². The highest BCUT2D eigenvalue weighted by Crippen LogP contribution is 2.34. The quantitative estimate of drug-likeness (QED) is 0.784. The summed E-state index contributed by atoms with van der Waals surface area (Å²) in [5.41, 5.74) is 14.3. The van der Waals surface area contributed by atoms with Gasteiger partial charge in [-0.2, -0.15) is 0 Å². The molecule has 0 bridgehead atoms. The summed E-state index contributed by atoms with van der Waals surface area (Å²) in [5, 5.41) is 2.63. The molecule has 0 aliphatic heterocycles. The van der Waals surface area contributed by atoms with Gasteiger partial charge in [0.25, 0.3) is 0 Å². The van der Waals surface area contributed by atoms with Crippen LogP contribution < -0.4 is 11.5 Å². The molecule has 0 aliphatic carbocycles. The highest BCUT2D eigenvalue weighted by molar-refractivity contribution is 7.13.